The van der Waals surface area contributed by atoms with Crippen LogP contribution in [0.5, 0.6) is 5.75 Å². The van der Waals surface area contributed by atoms with Crippen molar-refractivity contribution >= 4 is 33.7 Å². The summed E-state index contributed by atoms with van der Waals surface area (Å²) in [6.07, 6.45) is 1.48. The van der Waals surface area contributed by atoms with Crippen LogP contribution in [0.15, 0.2) is 76.4 Å². The summed E-state index contributed by atoms with van der Waals surface area (Å²) >= 11 is 3.41. The molecule has 0 spiro atoms. The average molecular weight is 471 g/mol. The Hall–Kier alpha value is -3.19. The number of benzene rings is 3. The van der Waals surface area contributed by atoms with Crippen LogP contribution >= 0.6 is 15.9 Å². The van der Waals surface area contributed by atoms with E-state index >= 15 is 0 Å². The maximum absolute atomic E-state index is 13.0. The molecule has 3 aromatic rings. The number of hydrogen-bond acceptors (Lipinski definition) is 4. The Bertz CT molecular complexity index is 1020. The van der Waals surface area contributed by atoms with Gasteiger partial charge in [0, 0.05) is 15.7 Å². The van der Waals surface area contributed by atoms with Gasteiger partial charge in [-0.1, -0.05) is 50.9 Å². The zero-order valence-electron chi connectivity index (χ0n) is 16.3. The molecule has 0 aliphatic carbocycles. The second-order valence-electron chi connectivity index (χ2n) is 6.52. The number of rotatable bonds is 8. The van der Waals surface area contributed by atoms with Gasteiger partial charge in [-0.3, -0.25) is 4.79 Å². The van der Waals surface area contributed by atoms with E-state index in [0.717, 1.165) is 15.6 Å². The van der Waals surface area contributed by atoms with Crippen LogP contribution in [0.3, 0.4) is 0 Å². The first kappa shape index (κ1) is 21.5. The number of ether oxygens (including phenoxy) is 1. The van der Waals surface area contributed by atoms with E-state index in [2.05, 4.69) is 26.4 Å². The molecule has 0 atom stereocenters. The van der Waals surface area contributed by atoms with Crippen molar-refractivity contribution in [2.75, 3.05) is 11.9 Å². The van der Waals surface area contributed by atoms with Crippen LogP contribution in [0.4, 0.5) is 10.1 Å². The molecule has 30 heavy (non-hydrogen) atoms. The van der Waals surface area contributed by atoms with Gasteiger partial charge in [-0.25, -0.2) is 4.39 Å². The number of carbonyl (C=O) groups is 1. The highest BCUT2D eigenvalue weighted by molar-refractivity contribution is 9.10. The van der Waals surface area contributed by atoms with E-state index in [-0.39, 0.29) is 24.9 Å². The summed E-state index contributed by atoms with van der Waals surface area (Å²) in [7, 11) is 0. The van der Waals surface area contributed by atoms with E-state index in [4.69, 9.17) is 9.57 Å². The van der Waals surface area contributed by atoms with Crippen LogP contribution in [-0.2, 0) is 16.2 Å². The van der Waals surface area contributed by atoms with Gasteiger partial charge in [0.15, 0.2) is 6.61 Å². The number of amides is 1. The van der Waals surface area contributed by atoms with Crippen LogP contribution < -0.4 is 10.1 Å². The number of nitrogens with one attached hydrogen (secondary N) is 1. The molecule has 3 aromatic carbocycles. The fourth-order valence-electron chi connectivity index (χ4n) is 2.52. The lowest BCUT2D eigenvalue weighted by Gasteiger charge is -2.10. The number of carbonyl (C=O) groups excluding carboxylic acids is 1. The third-order valence-electron chi connectivity index (χ3n) is 4.08. The first-order valence-electron chi connectivity index (χ1n) is 9.18. The van der Waals surface area contributed by atoms with E-state index < -0.39 is 0 Å². The minimum atomic E-state index is -0.307. The number of nitrogens with zero attached hydrogens (tertiary/aromatic N) is 1. The molecule has 7 heteroatoms. The van der Waals surface area contributed by atoms with Crippen molar-refractivity contribution in [3.63, 3.8) is 0 Å². The van der Waals surface area contributed by atoms with Gasteiger partial charge in [-0.15, -0.1) is 0 Å². The lowest BCUT2D eigenvalue weighted by molar-refractivity contribution is -0.120. The molecule has 0 bridgehead atoms. The molecule has 1 N–H and O–H groups in total. The maximum atomic E-state index is 13.0. The van der Waals surface area contributed by atoms with E-state index in [0.29, 0.717) is 17.0 Å². The maximum Gasteiger partial charge on any atom is 0.265 e. The number of aryl methyl sites for hydroxylation is 1. The molecule has 0 saturated heterocycles. The van der Waals surface area contributed by atoms with Crippen LogP contribution in [0.1, 0.15) is 16.7 Å². The molecule has 0 fully saturated rings. The average Bonchev–Trinajstić information content (AvgIpc) is 2.73. The molecule has 0 unspecified atom stereocenters. The standard InChI is InChI=1S/C23H20BrFN2O3/c1-16-2-9-21(10-3-16)27-23(28)15-30-26-13-18-12-19(24)6-11-22(18)29-14-17-4-7-20(25)8-5-17/h2-13H,14-15H2,1H3,(H,27,28)/b26-13+. The predicted molar refractivity (Wildman–Crippen MR) is 118 cm³/mol. The van der Waals surface area contributed by atoms with Gasteiger partial charge in [0.1, 0.15) is 18.2 Å². The van der Waals surface area contributed by atoms with Crippen molar-refractivity contribution in [1.82, 2.24) is 0 Å². The van der Waals surface area contributed by atoms with Gasteiger partial charge in [-0.05, 0) is 55.0 Å². The summed E-state index contributed by atoms with van der Waals surface area (Å²) in [6.45, 7) is 2.04. The lowest BCUT2D eigenvalue weighted by Crippen LogP contribution is -2.16. The number of hydrogen-bond donors (Lipinski definition) is 1. The second-order valence-corrected chi connectivity index (χ2v) is 7.44. The fraction of sp³-hybridized carbons (Fsp3) is 0.130. The Labute approximate surface area is 182 Å². The second kappa shape index (κ2) is 10.5. The topological polar surface area (TPSA) is 59.9 Å². The lowest BCUT2D eigenvalue weighted by atomic mass is 10.2. The van der Waals surface area contributed by atoms with Crippen molar-refractivity contribution in [1.29, 1.82) is 0 Å². The molecule has 0 radical (unpaired) electrons. The zero-order valence-corrected chi connectivity index (χ0v) is 17.9. The van der Waals surface area contributed by atoms with Gasteiger partial charge < -0.3 is 14.9 Å². The molecular formula is C23H20BrFN2O3. The Morgan fingerprint density at radius 1 is 1.10 bits per heavy atom. The summed E-state index contributed by atoms with van der Waals surface area (Å²) in [5.41, 5.74) is 3.32. The van der Waals surface area contributed by atoms with Crippen molar-refractivity contribution < 1.29 is 18.8 Å². The number of oxime groups is 1. The summed E-state index contributed by atoms with van der Waals surface area (Å²) < 4.78 is 19.7. The van der Waals surface area contributed by atoms with Crippen LogP contribution in [0.2, 0.25) is 0 Å². The molecule has 0 heterocycles. The quantitative estimate of drug-likeness (QED) is 0.351. The van der Waals surface area contributed by atoms with Crippen LogP contribution in [0.25, 0.3) is 0 Å². The monoisotopic (exact) mass is 470 g/mol. The summed E-state index contributed by atoms with van der Waals surface area (Å²) in [4.78, 5) is 17.1. The highest BCUT2D eigenvalue weighted by Gasteiger charge is 2.05. The highest BCUT2D eigenvalue weighted by atomic mass is 79.9. The molecule has 0 aliphatic rings. The molecule has 3 rings (SSSR count). The molecule has 154 valence electrons. The number of anilines is 1. The smallest absolute Gasteiger partial charge is 0.265 e. The molecule has 0 aromatic heterocycles. The Morgan fingerprint density at radius 3 is 2.57 bits per heavy atom. The van der Waals surface area contributed by atoms with Crippen LogP contribution in [0, 0.1) is 12.7 Å². The Kier molecular flexibility index (Phi) is 7.57. The van der Waals surface area contributed by atoms with E-state index in [1.807, 2.05) is 43.3 Å². The van der Waals surface area contributed by atoms with Gasteiger partial charge >= 0.3 is 0 Å². The minimum absolute atomic E-state index is 0.218. The molecule has 0 aliphatic heterocycles. The Morgan fingerprint density at radius 2 is 1.83 bits per heavy atom. The molecule has 1 amide bonds. The Balaban J connectivity index is 1.55. The van der Waals surface area contributed by atoms with Gasteiger partial charge in [0.05, 0.1) is 6.21 Å². The SMILES string of the molecule is Cc1ccc(NC(=O)CO/N=C/c2cc(Br)ccc2OCc2ccc(F)cc2)cc1. The third-order valence-corrected chi connectivity index (χ3v) is 4.57. The fourth-order valence-corrected chi connectivity index (χ4v) is 2.90. The van der Waals surface area contributed by atoms with Crippen molar-refractivity contribution in [3.8, 4) is 5.75 Å². The normalized spacial score (nSPS) is 10.8. The largest absolute Gasteiger partial charge is 0.488 e. The van der Waals surface area contributed by atoms with E-state index in [1.165, 1.54) is 18.3 Å². The highest BCUT2D eigenvalue weighted by Crippen LogP contribution is 2.23. The van der Waals surface area contributed by atoms with Gasteiger partial charge in [0.2, 0.25) is 0 Å². The zero-order chi connectivity index (χ0) is 21.3. The predicted octanol–water partition coefficient (Wildman–Crippen LogP) is 5.46. The van der Waals surface area contributed by atoms with Crippen molar-refractivity contribution in [2.45, 2.75) is 13.5 Å². The van der Waals surface area contributed by atoms with E-state index in [1.54, 1.807) is 18.2 Å². The first-order valence-corrected chi connectivity index (χ1v) is 9.97. The molecule has 0 saturated carbocycles. The molecular weight excluding hydrogens is 451 g/mol. The first-order chi connectivity index (χ1) is 14.5. The van der Waals surface area contributed by atoms with Crippen LogP contribution in [-0.4, -0.2) is 18.7 Å². The summed E-state index contributed by atoms with van der Waals surface area (Å²) in [5, 5.41) is 6.60. The van der Waals surface area contributed by atoms with E-state index in [9.17, 15) is 9.18 Å². The van der Waals surface area contributed by atoms with Crippen molar-refractivity contribution in [2.24, 2.45) is 5.16 Å². The third kappa shape index (κ3) is 6.70. The van der Waals surface area contributed by atoms with Gasteiger partial charge in [0.25, 0.3) is 5.91 Å². The molecule has 5 nitrogen and oxygen atoms in total. The number of halogens is 2. The summed E-state index contributed by atoms with van der Waals surface area (Å²) in [6, 6.07) is 19.0. The summed E-state index contributed by atoms with van der Waals surface area (Å²) in [5.74, 6) is -0.0178. The van der Waals surface area contributed by atoms with Gasteiger partial charge in [-0.2, -0.15) is 0 Å². The minimum Gasteiger partial charge on any atom is -0.488 e. The van der Waals surface area contributed by atoms with Crippen molar-refractivity contribution in [3.05, 3.63) is 93.7 Å².